The molecule has 38 heavy (non-hydrogen) atoms. The van der Waals surface area contributed by atoms with Crippen molar-refractivity contribution in [2.24, 2.45) is 28.6 Å². The molecule has 1 heterocycles. The lowest BCUT2D eigenvalue weighted by Crippen LogP contribution is -2.63. The monoisotopic (exact) mass is 521 g/mol. The average Bonchev–Trinajstić information content (AvgIpc) is 3.36. The summed E-state index contributed by atoms with van der Waals surface area (Å²) in [5, 5.41) is 11.8. The van der Waals surface area contributed by atoms with Crippen LogP contribution in [0.5, 0.6) is 5.75 Å². The predicted octanol–water partition coefficient (Wildman–Crippen LogP) is 4.39. The summed E-state index contributed by atoms with van der Waals surface area (Å²) in [6.07, 6.45) is 8.42. The lowest BCUT2D eigenvalue weighted by Gasteiger charge is -2.59. The van der Waals surface area contributed by atoms with Gasteiger partial charge in [0, 0.05) is 22.4 Å². The van der Waals surface area contributed by atoms with Crippen LogP contribution in [0.25, 0.3) is 0 Å². The minimum atomic E-state index is -1.17. The van der Waals surface area contributed by atoms with Crippen LogP contribution in [0.1, 0.15) is 59.3 Å². The maximum Gasteiger partial charge on any atom is 0.205 e. The number of aliphatic hydroxyl groups is 1. The molecule has 0 aromatic heterocycles. The van der Waals surface area contributed by atoms with E-state index in [4.69, 9.17) is 19.9 Å². The number of hydrogen-bond acceptors (Lipinski definition) is 7. The second kappa shape index (κ2) is 9.04. The topological polar surface area (TPSA) is 108 Å². The molecule has 7 heteroatoms. The molecule has 1 aliphatic heterocycles. The Hall–Kier alpha value is -2.48. The normalized spacial score (nSPS) is 43.1. The number of hydrogen-bond donors (Lipinski definition) is 2. The lowest BCUT2D eigenvalue weighted by molar-refractivity contribution is -0.200. The number of ketones is 2. The third-order valence-corrected chi connectivity index (χ3v) is 10.5. The van der Waals surface area contributed by atoms with E-state index in [0.29, 0.717) is 24.3 Å². The summed E-state index contributed by atoms with van der Waals surface area (Å²) in [4.78, 5) is 26.3. The van der Waals surface area contributed by atoms with Gasteiger partial charge in [0.25, 0.3) is 0 Å². The van der Waals surface area contributed by atoms with Crippen LogP contribution in [0, 0.1) is 28.6 Å². The zero-order chi connectivity index (χ0) is 26.9. The first kappa shape index (κ1) is 25.8. The van der Waals surface area contributed by atoms with Crippen LogP contribution in [0.2, 0.25) is 0 Å². The fraction of sp³-hybridized carbons (Fsp3) is 0.613. The molecule has 0 bridgehead atoms. The second-order valence-corrected chi connectivity index (χ2v) is 12.4. The van der Waals surface area contributed by atoms with Gasteiger partial charge >= 0.3 is 0 Å². The molecular weight excluding hydrogens is 482 g/mol. The Bertz CT molecular complexity index is 1190. The lowest BCUT2D eigenvalue weighted by atomic mass is 9.46. The molecule has 1 aromatic carbocycles. The van der Waals surface area contributed by atoms with E-state index in [1.54, 1.807) is 36.4 Å². The molecule has 7 nitrogen and oxygen atoms in total. The number of fused-ring (bicyclic) bond motifs is 7. The zero-order valence-corrected chi connectivity index (χ0v) is 22.5. The molecular formula is C31H39NO6. The van der Waals surface area contributed by atoms with Gasteiger partial charge in [-0.2, -0.15) is 0 Å². The predicted molar refractivity (Wildman–Crippen MR) is 142 cm³/mol. The smallest absolute Gasteiger partial charge is 0.205 e. The quantitative estimate of drug-likeness (QED) is 0.535. The average molecular weight is 522 g/mol. The van der Waals surface area contributed by atoms with Gasteiger partial charge in [-0.1, -0.05) is 38.8 Å². The first-order chi connectivity index (χ1) is 18.1. The minimum absolute atomic E-state index is 0.0200. The first-order valence-corrected chi connectivity index (χ1v) is 14.1. The van der Waals surface area contributed by atoms with Crippen molar-refractivity contribution in [1.29, 1.82) is 0 Å². The van der Waals surface area contributed by atoms with Crippen molar-refractivity contribution < 1.29 is 28.9 Å². The van der Waals surface area contributed by atoms with Crippen molar-refractivity contribution in [3.05, 3.63) is 48.1 Å². The molecule has 0 spiro atoms. The molecule has 9 atom stereocenters. The SMILES string of the molecule is CCCC1OC2CC3C4CCC5=CC(=O)C=CC5(C)C4C(O)CC3(C)C2(C(=O)COc2ccc(N)cc2)O1. The number of benzene rings is 1. The van der Waals surface area contributed by atoms with E-state index in [-0.39, 0.29) is 47.4 Å². The molecule has 1 saturated heterocycles. The van der Waals surface area contributed by atoms with Crippen molar-refractivity contribution in [2.75, 3.05) is 12.3 Å². The summed E-state index contributed by atoms with van der Waals surface area (Å²) >= 11 is 0. The number of carbonyl (C=O) groups is 2. The summed E-state index contributed by atoms with van der Waals surface area (Å²) in [6.45, 7) is 6.23. The number of Topliss-reactive ketones (excluding diaryl/α,β-unsaturated/α-hetero) is 1. The summed E-state index contributed by atoms with van der Waals surface area (Å²) in [6, 6.07) is 7.01. The van der Waals surface area contributed by atoms with E-state index in [2.05, 4.69) is 20.8 Å². The molecule has 0 amide bonds. The van der Waals surface area contributed by atoms with Gasteiger partial charge in [0.1, 0.15) is 12.4 Å². The van der Waals surface area contributed by atoms with Gasteiger partial charge in [-0.15, -0.1) is 0 Å². The summed E-state index contributed by atoms with van der Waals surface area (Å²) in [7, 11) is 0. The fourth-order valence-electron chi connectivity index (χ4n) is 8.83. The Balaban J connectivity index is 1.34. The van der Waals surface area contributed by atoms with Crippen molar-refractivity contribution in [1.82, 2.24) is 0 Å². The maximum absolute atomic E-state index is 14.2. The summed E-state index contributed by atoms with van der Waals surface area (Å²) < 4.78 is 19.1. The number of nitrogens with two attached hydrogens (primary N) is 1. The van der Waals surface area contributed by atoms with Crippen molar-refractivity contribution in [2.45, 2.75) is 83.4 Å². The van der Waals surface area contributed by atoms with E-state index in [0.717, 1.165) is 31.3 Å². The molecule has 4 fully saturated rings. The highest BCUT2D eigenvalue weighted by Gasteiger charge is 2.75. The molecule has 3 saturated carbocycles. The number of rotatable bonds is 6. The van der Waals surface area contributed by atoms with Crippen LogP contribution in [0.3, 0.4) is 0 Å². The van der Waals surface area contributed by atoms with Crippen LogP contribution < -0.4 is 10.5 Å². The highest BCUT2D eigenvalue weighted by Crippen LogP contribution is 2.69. The van der Waals surface area contributed by atoms with Gasteiger partial charge in [0.05, 0.1) is 12.2 Å². The second-order valence-electron chi connectivity index (χ2n) is 12.4. The highest BCUT2D eigenvalue weighted by molar-refractivity contribution is 6.01. The Kier molecular flexibility index (Phi) is 6.13. The summed E-state index contributed by atoms with van der Waals surface area (Å²) in [5.41, 5.74) is 5.41. The number of aliphatic hydroxyl groups excluding tert-OH is 1. The number of ether oxygens (including phenoxy) is 3. The number of anilines is 1. The van der Waals surface area contributed by atoms with Gasteiger partial charge < -0.3 is 25.1 Å². The van der Waals surface area contributed by atoms with E-state index in [1.165, 1.54) is 0 Å². The molecule has 5 aliphatic rings. The molecule has 6 rings (SSSR count). The van der Waals surface area contributed by atoms with Crippen LogP contribution in [0.4, 0.5) is 5.69 Å². The summed E-state index contributed by atoms with van der Waals surface area (Å²) in [5.74, 6) is 0.789. The first-order valence-electron chi connectivity index (χ1n) is 14.1. The maximum atomic E-state index is 14.2. The standard InChI is InChI=1S/C31H39NO6/c1-4-5-27-37-26-15-23-22-11-6-18-14-20(33)12-13-29(18,2)28(22)24(34)16-30(23,3)31(26,38-27)25(35)17-36-21-9-7-19(32)8-10-21/h7-10,12-14,22-24,26-28,34H,4-6,11,15-17,32H2,1-3H3. The van der Waals surface area contributed by atoms with Crippen molar-refractivity contribution in [3.8, 4) is 5.75 Å². The fourth-order valence-corrected chi connectivity index (χ4v) is 8.83. The Labute approximate surface area is 224 Å². The number of carbonyl (C=O) groups excluding carboxylic acids is 2. The highest BCUT2D eigenvalue weighted by atomic mass is 16.7. The Morgan fingerprint density at radius 2 is 2.00 bits per heavy atom. The van der Waals surface area contributed by atoms with Crippen LogP contribution in [0.15, 0.2) is 48.1 Å². The molecule has 4 aliphatic carbocycles. The third-order valence-electron chi connectivity index (χ3n) is 10.5. The third kappa shape index (κ3) is 3.58. The number of nitrogen functional groups attached to an aromatic ring is 1. The van der Waals surface area contributed by atoms with Crippen LogP contribution in [-0.2, 0) is 19.1 Å². The molecule has 1 aromatic rings. The Morgan fingerprint density at radius 1 is 1.24 bits per heavy atom. The van der Waals surface area contributed by atoms with E-state index < -0.39 is 23.4 Å². The van der Waals surface area contributed by atoms with Gasteiger partial charge in [-0.3, -0.25) is 9.59 Å². The van der Waals surface area contributed by atoms with Gasteiger partial charge in [-0.25, -0.2) is 0 Å². The van der Waals surface area contributed by atoms with E-state index in [1.807, 2.05) is 6.08 Å². The Morgan fingerprint density at radius 3 is 2.74 bits per heavy atom. The molecule has 0 radical (unpaired) electrons. The molecule has 3 N–H and O–H groups in total. The van der Waals surface area contributed by atoms with Crippen LogP contribution in [-0.4, -0.2) is 47.4 Å². The van der Waals surface area contributed by atoms with E-state index >= 15 is 0 Å². The van der Waals surface area contributed by atoms with Crippen molar-refractivity contribution in [3.63, 3.8) is 0 Å². The van der Waals surface area contributed by atoms with Crippen molar-refractivity contribution >= 4 is 17.3 Å². The van der Waals surface area contributed by atoms with Gasteiger partial charge in [-0.05, 0) is 80.4 Å². The van der Waals surface area contributed by atoms with Crippen LogP contribution >= 0.6 is 0 Å². The van der Waals surface area contributed by atoms with Gasteiger partial charge in [0.15, 0.2) is 17.7 Å². The minimum Gasteiger partial charge on any atom is -0.486 e. The zero-order valence-electron chi connectivity index (χ0n) is 22.5. The molecule has 204 valence electrons. The van der Waals surface area contributed by atoms with E-state index in [9.17, 15) is 14.7 Å². The molecule has 9 unspecified atom stereocenters. The largest absolute Gasteiger partial charge is 0.486 e. The number of allylic oxidation sites excluding steroid dienone is 4. The van der Waals surface area contributed by atoms with Gasteiger partial charge in [0.2, 0.25) is 5.78 Å².